The molecular formula is C13H19ClN4O2. The molecule has 2 heterocycles. The Morgan fingerprint density at radius 1 is 1.40 bits per heavy atom. The van der Waals surface area contributed by atoms with E-state index >= 15 is 0 Å². The third-order valence-corrected chi connectivity index (χ3v) is 4.15. The van der Waals surface area contributed by atoms with Crippen LogP contribution in [0.4, 0.5) is 0 Å². The van der Waals surface area contributed by atoms with Gasteiger partial charge in [-0.05, 0) is 20.3 Å². The lowest BCUT2D eigenvalue weighted by atomic mass is 10.0. The Hall–Kier alpha value is -1.56. The molecule has 110 valence electrons. The van der Waals surface area contributed by atoms with E-state index in [-0.39, 0.29) is 11.8 Å². The number of carbonyl (C=O) groups is 2. The van der Waals surface area contributed by atoms with E-state index < -0.39 is 12.1 Å². The summed E-state index contributed by atoms with van der Waals surface area (Å²) in [7, 11) is 1.75. The molecule has 0 bridgehead atoms. The molecule has 2 rings (SSSR count). The Morgan fingerprint density at radius 3 is 2.55 bits per heavy atom. The second-order valence-electron chi connectivity index (χ2n) is 5.10. The van der Waals surface area contributed by atoms with Gasteiger partial charge in [0, 0.05) is 12.6 Å². The van der Waals surface area contributed by atoms with Gasteiger partial charge in [-0.25, -0.2) is 0 Å². The molecule has 1 aliphatic rings. The number of nitrogens with one attached hydrogen (secondary N) is 1. The van der Waals surface area contributed by atoms with Gasteiger partial charge in [0.2, 0.25) is 11.8 Å². The Balaban J connectivity index is 2.33. The number of halogens is 1. The van der Waals surface area contributed by atoms with Gasteiger partial charge in [-0.1, -0.05) is 18.5 Å². The molecule has 1 N–H and O–H groups in total. The van der Waals surface area contributed by atoms with Gasteiger partial charge in [0.05, 0.1) is 12.2 Å². The van der Waals surface area contributed by atoms with Crippen molar-refractivity contribution in [2.75, 3.05) is 0 Å². The monoisotopic (exact) mass is 298 g/mol. The molecule has 0 saturated carbocycles. The largest absolute Gasteiger partial charge is 0.343 e. The van der Waals surface area contributed by atoms with Gasteiger partial charge < -0.3 is 10.2 Å². The summed E-state index contributed by atoms with van der Waals surface area (Å²) in [5, 5.41) is 7.44. The molecule has 20 heavy (non-hydrogen) atoms. The molecule has 0 radical (unpaired) electrons. The highest BCUT2D eigenvalue weighted by Gasteiger charge is 2.38. The van der Waals surface area contributed by atoms with Gasteiger partial charge >= 0.3 is 0 Å². The standard InChI is InChI=1S/C13H19ClN4O2/c1-5-10-12(19)15-8(3)13(20)18(10)6-9-7(2)16-17(4)11(9)14/h8,10H,5-6H2,1-4H3,(H,15,19). The number of carbonyl (C=O) groups excluding carboxylic acids is 2. The van der Waals surface area contributed by atoms with Crippen LogP contribution in [-0.2, 0) is 23.2 Å². The van der Waals surface area contributed by atoms with Crippen LogP contribution in [0.2, 0.25) is 5.15 Å². The van der Waals surface area contributed by atoms with Crippen molar-refractivity contribution in [3.05, 3.63) is 16.4 Å². The van der Waals surface area contributed by atoms with E-state index in [1.165, 1.54) is 0 Å². The van der Waals surface area contributed by atoms with E-state index in [0.717, 1.165) is 11.3 Å². The molecular weight excluding hydrogens is 280 g/mol. The Kier molecular flexibility index (Phi) is 4.04. The summed E-state index contributed by atoms with van der Waals surface area (Å²) < 4.78 is 1.57. The number of hydrogen-bond donors (Lipinski definition) is 1. The van der Waals surface area contributed by atoms with Crippen molar-refractivity contribution in [2.45, 2.75) is 45.8 Å². The maximum atomic E-state index is 12.3. The van der Waals surface area contributed by atoms with Crippen LogP contribution >= 0.6 is 11.6 Å². The molecule has 2 atom stereocenters. The van der Waals surface area contributed by atoms with Crippen molar-refractivity contribution in [2.24, 2.45) is 7.05 Å². The van der Waals surface area contributed by atoms with Crippen molar-refractivity contribution in [3.63, 3.8) is 0 Å². The van der Waals surface area contributed by atoms with Crippen LogP contribution in [0, 0.1) is 6.92 Å². The van der Waals surface area contributed by atoms with E-state index in [9.17, 15) is 9.59 Å². The molecule has 0 aliphatic carbocycles. The summed E-state index contributed by atoms with van der Waals surface area (Å²) in [6.45, 7) is 5.74. The van der Waals surface area contributed by atoms with Gasteiger partial charge in [-0.15, -0.1) is 0 Å². The normalized spacial score (nSPS) is 23.1. The van der Waals surface area contributed by atoms with Crippen LogP contribution in [-0.4, -0.2) is 38.6 Å². The number of piperazine rings is 1. The van der Waals surface area contributed by atoms with Crippen molar-refractivity contribution < 1.29 is 9.59 Å². The molecule has 1 saturated heterocycles. The quantitative estimate of drug-likeness (QED) is 0.905. The van der Waals surface area contributed by atoms with Gasteiger partial charge in [0.1, 0.15) is 17.2 Å². The zero-order chi connectivity index (χ0) is 15.0. The molecule has 1 aliphatic heterocycles. The van der Waals surface area contributed by atoms with E-state index in [2.05, 4.69) is 10.4 Å². The van der Waals surface area contributed by atoms with Gasteiger partial charge in [-0.3, -0.25) is 14.3 Å². The predicted molar refractivity (Wildman–Crippen MR) is 75.2 cm³/mol. The van der Waals surface area contributed by atoms with Crippen LogP contribution in [0.25, 0.3) is 0 Å². The SMILES string of the molecule is CCC1C(=O)NC(C)C(=O)N1Cc1c(C)nn(C)c1Cl. The van der Waals surface area contributed by atoms with Crippen molar-refractivity contribution in [1.29, 1.82) is 0 Å². The summed E-state index contributed by atoms with van der Waals surface area (Å²) >= 11 is 6.21. The number of amides is 2. The number of rotatable bonds is 3. The zero-order valence-electron chi connectivity index (χ0n) is 12.1. The first kappa shape index (κ1) is 14.8. The minimum atomic E-state index is -0.499. The first-order valence-corrected chi connectivity index (χ1v) is 7.03. The first-order valence-electron chi connectivity index (χ1n) is 6.65. The van der Waals surface area contributed by atoms with Crippen LogP contribution in [0.1, 0.15) is 31.5 Å². The molecule has 0 spiro atoms. The number of aryl methyl sites for hydroxylation is 2. The molecule has 2 unspecified atom stereocenters. The Morgan fingerprint density at radius 2 is 2.05 bits per heavy atom. The average Bonchev–Trinajstić information content (AvgIpc) is 2.62. The molecule has 1 aromatic rings. The fourth-order valence-electron chi connectivity index (χ4n) is 2.53. The lowest BCUT2D eigenvalue weighted by molar-refractivity contribution is -0.149. The van der Waals surface area contributed by atoms with Crippen LogP contribution in [0.5, 0.6) is 0 Å². The fourth-order valence-corrected chi connectivity index (χ4v) is 2.77. The third kappa shape index (κ3) is 2.40. The molecule has 0 aromatic carbocycles. The number of nitrogens with zero attached hydrogens (tertiary/aromatic N) is 3. The van der Waals surface area contributed by atoms with Crippen molar-refractivity contribution in [3.8, 4) is 0 Å². The van der Waals surface area contributed by atoms with Crippen molar-refractivity contribution in [1.82, 2.24) is 20.0 Å². The van der Waals surface area contributed by atoms with Crippen LogP contribution in [0.3, 0.4) is 0 Å². The van der Waals surface area contributed by atoms with E-state index in [1.54, 1.807) is 23.6 Å². The maximum absolute atomic E-state index is 12.3. The molecule has 7 heteroatoms. The highest BCUT2D eigenvalue weighted by atomic mass is 35.5. The molecule has 1 aromatic heterocycles. The number of aromatic nitrogens is 2. The summed E-state index contributed by atoms with van der Waals surface area (Å²) in [5.74, 6) is -0.201. The van der Waals surface area contributed by atoms with Crippen molar-refractivity contribution >= 4 is 23.4 Å². The number of hydrogen-bond acceptors (Lipinski definition) is 3. The van der Waals surface area contributed by atoms with Gasteiger partial charge in [0.25, 0.3) is 0 Å². The molecule has 2 amide bonds. The summed E-state index contributed by atoms with van der Waals surface area (Å²) in [5.41, 5.74) is 1.57. The first-order chi connectivity index (χ1) is 9.36. The van der Waals surface area contributed by atoms with E-state index in [0.29, 0.717) is 18.1 Å². The van der Waals surface area contributed by atoms with E-state index in [4.69, 9.17) is 11.6 Å². The third-order valence-electron chi connectivity index (χ3n) is 3.68. The predicted octanol–water partition coefficient (Wildman–Crippen LogP) is 1.01. The Labute approximate surface area is 123 Å². The summed E-state index contributed by atoms with van der Waals surface area (Å²) in [6, 6.07) is -0.949. The molecule has 6 nitrogen and oxygen atoms in total. The Bertz CT molecular complexity index is 555. The summed E-state index contributed by atoms with van der Waals surface area (Å²) in [6.07, 6.45) is 0.571. The highest BCUT2D eigenvalue weighted by Crippen LogP contribution is 2.24. The summed E-state index contributed by atoms with van der Waals surface area (Å²) in [4.78, 5) is 25.9. The smallest absolute Gasteiger partial charge is 0.245 e. The topological polar surface area (TPSA) is 67.2 Å². The van der Waals surface area contributed by atoms with Gasteiger partial charge in [0.15, 0.2) is 0 Å². The fraction of sp³-hybridized carbons (Fsp3) is 0.615. The van der Waals surface area contributed by atoms with Crippen LogP contribution < -0.4 is 5.32 Å². The van der Waals surface area contributed by atoms with Gasteiger partial charge in [-0.2, -0.15) is 5.10 Å². The second kappa shape index (κ2) is 5.44. The minimum absolute atomic E-state index is 0.0873. The zero-order valence-corrected chi connectivity index (χ0v) is 12.9. The minimum Gasteiger partial charge on any atom is -0.343 e. The average molecular weight is 299 g/mol. The van der Waals surface area contributed by atoms with Crippen LogP contribution in [0.15, 0.2) is 0 Å². The highest BCUT2D eigenvalue weighted by molar-refractivity contribution is 6.30. The van der Waals surface area contributed by atoms with E-state index in [1.807, 2.05) is 13.8 Å². The second-order valence-corrected chi connectivity index (χ2v) is 5.46. The lowest BCUT2D eigenvalue weighted by Crippen LogP contribution is -2.61. The maximum Gasteiger partial charge on any atom is 0.245 e. The molecule has 1 fully saturated rings. The lowest BCUT2D eigenvalue weighted by Gasteiger charge is -2.37.